The predicted octanol–water partition coefficient (Wildman–Crippen LogP) is 4.70. The van der Waals surface area contributed by atoms with Gasteiger partial charge in [-0.15, -0.1) is 0 Å². The van der Waals surface area contributed by atoms with Gasteiger partial charge in [0.25, 0.3) is 0 Å². The second kappa shape index (κ2) is 7.36. The molecule has 3 aromatic rings. The minimum atomic E-state index is -0.187. The number of rotatable bonds is 4. The highest BCUT2D eigenvalue weighted by Crippen LogP contribution is 2.23. The molecule has 1 amide bonds. The van der Waals surface area contributed by atoms with Crippen molar-refractivity contribution in [3.05, 3.63) is 77.2 Å². The van der Waals surface area contributed by atoms with Crippen molar-refractivity contribution in [3.63, 3.8) is 0 Å². The molecule has 0 atom stereocenters. The van der Waals surface area contributed by atoms with E-state index in [1.807, 2.05) is 61.1 Å². The van der Waals surface area contributed by atoms with Crippen LogP contribution in [0.3, 0.4) is 0 Å². The highest BCUT2D eigenvalue weighted by molar-refractivity contribution is 6.30. The molecule has 1 heterocycles. The van der Waals surface area contributed by atoms with Gasteiger partial charge in [0.1, 0.15) is 5.82 Å². The molecule has 25 heavy (non-hydrogen) atoms. The molecule has 0 saturated heterocycles. The third kappa shape index (κ3) is 4.17. The Balaban J connectivity index is 1.72. The molecule has 5 heteroatoms. The molecule has 1 N–H and O–H groups in total. The number of hydrogen-bond acceptors (Lipinski definition) is 2. The van der Waals surface area contributed by atoms with Crippen molar-refractivity contribution in [1.82, 2.24) is 9.55 Å². The van der Waals surface area contributed by atoms with Crippen LogP contribution in [0.2, 0.25) is 5.02 Å². The van der Waals surface area contributed by atoms with Gasteiger partial charge in [-0.2, -0.15) is 0 Å². The Kier molecular flexibility index (Phi) is 5.00. The molecule has 0 aliphatic rings. The van der Waals surface area contributed by atoms with Gasteiger partial charge in [0.2, 0.25) is 5.91 Å². The number of imidazole rings is 1. The molecule has 3 rings (SSSR count). The van der Waals surface area contributed by atoms with E-state index in [2.05, 4.69) is 10.3 Å². The fourth-order valence-corrected chi connectivity index (χ4v) is 2.58. The molecule has 0 fully saturated rings. The van der Waals surface area contributed by atoms with Gasteiger partial charge in [-0.1, -0.05) is 35.9 Å². The topological polar surface area (TPSA) is 46.9 Å². The zero-order valence-corrected chi connectivity index (χ0v) is 14.8. The number of carbonyl (C=O) groups is 1. The molecule has 1 aromatic heterocycles. The highest BCUT2D eigenvalue weighted by Gasteiger charge is 2.07. The lowest BCUT2D eigenvalue weighted by Gasteiger charge is -2.07. The van der Waals surface area contributed by atoms with Gasteiger partial charge in [0, 0.05) is 29.4 Å². The third-order valence-corrected chi connectivity index (χ3v) is 4.20. The number of amides is 1. The summed E-state index contributed by atoms with van der Waals surface area (Å²) in [5.74, 6) is 0.753. The Bertz CT molecular complexity index is 926. The minimum Gasteiger partial charge on any atom is -0.331 e. The SMILES string of the molecule is Cc1ncc(-c2cccc(NC(=O)/C=C/c3ccc(Cl)cc3)c2)n1C. The van der Waals surface area contributed by atoms with Gasteiger partial charge < -0.3 is 9.88 Å². The normalized spacial score (nSPS) is 11.0. The Labute approximate surface area is 151 Å². The zero-order valence-electron chi connectivity index (χ0n) is 14.0. The highest BCUT2D eigenvalue weighted by atomic mass is 35.5. The van der Waals surface area contributed by atoms with Gasteiger partial charge >= 0.3 is 0 Å². The smallest absolute Gasteiger partial charge is 0.248 e. The molecule has 4 nitrogen and oxygen atoms in total. The number of nitrogens with one attached hydrogen (secondary N) is 1. The Morgan fingerprint density at radius 3 is 2.64 bits per heavy atom. The Morgan fingerprint density at radius 2 is 1.96 bits per heavy atom. The van der Waals surface area contributed by atoms with Crippen LogP contribution in [-0.4, -0.2) is 15.5 Å². The van der Waals surface area contributed by atoms with Crippen molar-refractivity contribution in [2.45, 2.75) is 6.92 Å². The molecule has 2 aromatic carbocycles. The summed E-state index contributed by atoms with van der Waals surface area (Å²) >= 11 is 5.85. The predicted molar refractivity (Wildman–Crippen MR) is 102 cm³/mol. The summed E-state index contributed by atoms with van der Waals surface area (Å²) in [5.41, 5.74) is 3.66. The van der Waals surface area contributed by atoms with Crippen molar-refractivity contribution < 1.29 is 4.79 Å². The molecule has 0 unspecified atom stereocenters. The van der Waals surface area contributed by atoms with Crippen LogP contribution in [0.5, 0.6) is 0 Å². The lowest BCUT2D eigenvalue weighted by Crippen LogP contribution is -2.07. The largest absolute Gasteiger partial charge is 0.331 e. The van der Waals surface area contributed by atoms with Crippen LogP contribution in [0.15, 0.2) is 60.8 Å². The Hall–Kier alpha value is -2.85. The fourth-order valence-electron chi connectivity index (χ4n) is 2.46. The number of aryl methyl sites for hydroxylation is 1. The van der Waals surface area contributed by atoms with Crippen molar-refractivity contribution in [1.29, 1.82) is 0 Å². The van der Waals surface area contributed by atoms with Gasteiger partial charge in [0.05, 0.1) is 11.9 Å². The quantitative estimate of drug-likeness (QED) is 0.692. The maximum atomic E-state index is 12.1. The van der Waals surface area contributed by atoms with Crippen LogP contribution in [-0.2, 0) is 11.8 Å². The van der Waals surface area contributed by atoms with E-state index >= 15 is 0 Å². The number of hydrogen-bond donors (Lipinski definition) is 1. The van der Waals surface area contributed by atoms with Gasteiger partial charge in [-0.05, 0) is 42.8 Å². The average Bonchev–Trinajstić information content (AvgIpc) is 2.94. The van der Waals surface area contributed by atoms with E-state index in [1.165, 1.54) is 6.08 Å². The maximum absolute atomic E-state index is 12.1. The minimum absolute atomic E-state index is 0.187. The van der Waals surface area contributed by atoms with Crippen LogP contribution in [0, 0.1) is 6.92 Å². The molecule has 0 aliphatic carbocycles. The second-order valence-electron chi connectivity index (χ2n) is 5.70. The van der Waals surface area contributed by atoms with Crippen molar-refractivity contribution in [2.24, 2.45) is 7.05 Å². The second-order valence-corrected chi connectivity index (χ2v) is 6.14. The van der Waals surface area contributed by atoms with E-state index in [-0.39, 0.29) is 5.91 Å². The first-order valence-corrected chi connectivity index (χ1v) is 8.24. The van der Waals surface area contributed by atoms with E-state index in [0.717, 1.165) is 28.3 Å². The first kappa shape index (κ1) is 17.0. The lowest BCUT2D eigenvalue weighted by molar-refractivity contribution is -0.111. The standard InChI is InChI=1S/C20H18ClN3O/c1-14-22-13-19(24(14)2)16-4-3-5-18(12-16)23-20(25)11-8-15-6-9-17(21)10-7-15/h3-13H,1-2H3,(H,23,25)/b11-8+. The summed E-state index contributed by atoms with van der Waals surface area (Å²) in [6.45, 7) is 1.96. The number of anilines is 1. The van der Waals surface area contributed by atoms with E-state index in [4.69, 9.17) is 11.6 Å². The van der Waals surface area contributed by atoms with Crippen LogP contribution in [0.25, 0.3) is 17.3 Å². The van der Waals surface area contributed by atoms with Gasteiger partial charge in [-0.25, -0.2) is 4.98 Å². The molecule has 126 valence electrons. The van der Waals surface area contributed by atoms with E-state index < -0.39 is 0 Å². The van der Waals surface area contributed by atoms with E-state index in [1.54, 1.807) is 18.2 Å². The molecule has 0 bridgehead atoms. The van der Waals surface area contributed by atoms with Crippen LogP contribution in [0.4, 0.5) is 5.69 Å². The van der Waals surface area contributed by atoms with Gasteiger partial charge in [0.15, 0.2) is 0 Å². The maximum Gasteiger partial charge on any atom is 0.248 e. The fraction of sp³-hybridized carbons (Fsp3) is 0.100. The van der Waals surface area contributed by atoms with Crippen molar-refractivity contribution >= 4 is 29.3 Å². The first-order chi connectivity index (χ1) is 12.0. The lowest BCUT2D eigenvalue weighted by atomic mass is 10.1. The summed E-state index contributed by atoms with van der Waals surface area (Å²) in [6, 6.07) is 15.0. The molecule has 0 radical (unpaired) electrons. The van der Waals surface area contributed by atoms with Crippen molar-refractivity contribution in [2.75, 3.05) is 5.32 Å². The molecule has 0 saturated carbocycles. The summed E-state index contributed by atoms with van der Waals surface area (Å²) in [5, 5.41) is 3.55. The first-order valence-electron chi connectivity index (χ1n) is 7.86. The monoisotopic (exact) mass is 351 g/mol. The van der Waals surface area contributed by atoms with E-state index in [9.17, 15) is 4.79 Å². The third-order valence-electron chi connectivity index (χ3n) is 3.94. The number of benzene rings is 2. The molecule has 0 aliphatic heterocycles. The molecular formula is C20H18ClN3O. The Morgan fingerprint density at radius 1 is 1.20 bits per heavy atom. The summed E-state index contributed by atoms with van der Waals surface area (Å²) in [7, 11) is 1.97. The van der Waals surface area contributed by atoms with Crippen LogP contribution >= 0.6 is 11.6 Å². The summed E-state index contributed by atoms with van der Waals surface area (Å²) in [4.78, 5) is 16.4. The number of carbonyl (C=O) groups excluding carboxylic acids is 1. The number of nitrogens with zero attached hydrogens (tertiary/aromatic N) is 2. The van der Waals surface area contributed by atoms with Crippen molar-refractivity contribution in [3.8, 4) is 11.3 Å². The van der Waals surface area contributed by atoms with Crippen LogP contribution < -0.4 is 5.32 Å². The summed E-state index contributed by atoms with van der Waals surface area (Å²) in [6.07, 6.45) is 5.08. The van der Waals surface area contributed by atoms with Gasteiger partial charge in [-0.3, -0.25) is 4.79 Å². The summed E-state index contributed by atoms with van der Waals surface area (Å²) < 4.78 is 2.02. The van der Waals surface area contributed by atoms with E-state index in [0.29, 0.717) is 5.02 Å². The average molecular weight is 352 g/mol. The number of halogens is 1. The molecular weight excluding hydrogens is 334 g/mol. The molecule has 0 spiro atoms. The van der Waals surface area contributed by atoms with Crippen LogP contribution in [0.1, 0.15) is 11.4 Å². The number of aromatic nitrogens is 2. The zero-order chi connectivity index (χ0) is 17.8.